The SMILES string of the molecule is CCCCC(=O)OCC(=O)NCc1ccc(O)c(OC)c1. The fourth-order valence-electron chi connectivity index (χ4n) is 1.62. The van der Waals surface area contributed by atoms with Crippen molar-refractivity contribution in [2.24, 2.45) is 0 Å². The zero-order valence-corrected chi connectivity index (χ0v) is 12.3. The molecule has 0 unspecified atom stereocenters. The first kappa shape index (κ1) is 16.8. The van der Waals surface area contributed by atoms with Crippen LogP contribution in [0, 0.1) is 0 Å². The summed E-state index contributed by atoms with van der Waals surface area (Å²) in [7, 11) is 1.45. The third-order valence-electron chi connectivity index (χ3n) is 2.83. The van der Waals surface area contributed by atoms with E-state index in [1.165, 1.54) is 13.2 Å². The van der Waals surface area contributed by atoms with Crippen molar-refractivity contribution < 1.29 is 24.2 Å². The molecule has 2 N–H and O–H groups in total. The predicted molar refractivity (Wildman–Crippen MR) is 77.0 cm³/mol. The van der Waals surface area contributed by atoms with Gasteiger partial charge < -0.3 is 19.9 Å². The third-order valence-corrected chi connectivity index (χ3v) is 2.83. The molecule has 0 saturated carbocycles. The van der Waals surface area contributed by atoms with E-state index in [9.17, 15) is 14.7 Å². The largest absolute Gasteiger partial charge is 0.504 e. The molecule has 6 heteroatoms. The molecule has 1 aromatic carbocycles. The van der Waals surface area contributed by atoms with Crippen LogP contribution in [0.2, 0.25) is 0 Å². The molecule has 0 aromatic heterocycles. The third kappa shape index (κ3) is 6.16. The van der Waals surface area contributed by atoms with Crippen LogP contribution in [-0.2, 0) is 20.9 Å². The van der Waals surface area contributed by atoms with Gasteiger partial charge >= 0.3 is 5.97 Å². The number of ether oxygens (including phenoxy) is 2. The number of amides is 1. The van der Waals surface area contributed by atoms with E-state index in [2.05, 4.69) is 5.32 Å². The van der Waals surface area contributed by atoms with E-state index in [1.54, 1.807) is 12.1 Å². The lowest BCUT2D eigenvalue weighted by molar-refractivity contribution is -0.148. The van der Waals surface area contributed by atoms with Crippen molar-refractivity contribution in [1.82, 2.24) is 5.32 Å². The van der Waals surface area contributed by atoms with Crippen LogP contribution in [0.25, 0.3) is 0 Å². The molecule has 0 atom stereocenters. The van der Waals surface area contributed by atoms with Crippen LogP contribution in [0.3, 0.4) is 0 Å². The monoisotopic (exact) mass is 295 g/mol. The van der Waals surface area contributed by atoms with E-state index in [4.69, 9.17) is 9.47 Å². The van der Waals surface area contributed by atoms with Gasteiger partial charge in [-0.1, -0.05) is 19.4 Å². The molecule has 1 amide bonds. The molecule has 0 fully saturated rings. The number of carbonyl (C=O) groups excluding carboxylic acids is 2. The van der Waals surface area contributed by atoms with Gasteiger partial charge in [-0.05, 0) is 24.1 Å². The topological polar surface area (TPSA) is 84.9 Å². The maximum Gasteiger partial charge on any atom is 0.306 e. The van der Waals surface area contributed by atoms with E-state index >= 15 is 0 Å². The molecule has 0 radical (unpaired) electrons. The van der Waals surface area contributed by atoms with Crippen LogP contribution in [0.15, 0.2) is 18.2 Å². The minimum atomic E-state index is -0.369. The quantitative estimate of drug-likeness (QED) is 0.714. The summed E-state index contributed by atoms with van der Waals surface area (Å²) in [6, 6.07) is 4.79. The summed E-state index contributed by atoms with van der Waals surface area (Å²) in [6.07, 6.45) is 2.00. The minimum Gasteiger partial charge on any atom is -0.504 e. The first-order valence-electron chi connectivity index (χ1n) is 6.85. The molecule has 0 heterocycles. The maximum absolute atomic E-state index is 11.5. The van der Waals surface area contributed by atoms with Crippen LogP contribution in [-0.4, -0.2) is 30.7 Å². The zero-order chi connectivity index (χ0) is 15.7. The van der Waals surface area contributed by atoms with Gasteiger partial charge in [0.15, 0.2) is 18.1 Å². The number of methoxy groups -OCH3 is 1. The smallest absolute Gasteiger partial charge is 0.306 e. The number of hydrogen-bond acceptors (Lipinski definition) is 5. The molecule has 116 valence electrons. The summed E-state index contributed by atoms with van der Waals surface area (Å²) >= 11 is 0. The zero-order valence-electron chi connectivity index (χ0n) is 12.3. The van der Waals surface area contributed by atoms with Gasteiger partial charge in [0, 0.05) is 13.0 Å². The summed E-state index contributed by atoms with van der Waals surface area (Å²) in [6.45, 7) is 1.96. The second-order valence-corrected chi connectivity index (χ2v) is 4.55. The van der Waals surface area contributed by atoms with Crippen molar-refractivity contribution in [3.05, 3.63) is 23.8 Å². The van der Waals surface area contributed by atoms with E-state index in [-0.39, 0.29) is 30.8 Å². The first-order chi connectivity index (χ1) is 10.1. The molecule has 1 rings (SSSR count). The number of carbonyl (C=O) groups is 2. The number of rotatable bonds is 8. The van der Waals surface area contributed by atoms with Gasteiger partial charge in [-0.15, -0.1) is 0 Å². The molecular formula is C15H21NO5. The number of benzene rings is 1. The van der Waals surface area contributed by atoms with Crippen LogP contribution in [0.5, 0.6) is 11.5 Å². The van der Waals surface area contributed by atoms with Crippen molar-refractivity contribution in [3.63, 3.8) is 0 Å². The van der Waals surface area contributed by atoms with Gasteiger partial charge in [-0.25, -0.2) is 0 Å². The molecule has 0 aliphatic heterocycles. The number of nitrogens with one attached hydrogen (secondary N) is 1. The summed E-state index contributed by atoms with van der Waals surface area (Å²) in [5, 5.41) is 12.1. The highest BCUT2D eigenvalue weighted by molar-refractivity contribution is 5.80. The molecular weight excluding hydrogens is 274 g/mol. The molecule has 0 spiro atoms. The van der Waals surface area contributed by atoms with Crippen LogP contribution < -0.4 is 10.1 Å². The second-order valence-electron chi connectivity index (χ2n) is 4.55. The molecule has 0 saturated heterocycles. The lowest BCUT2D eigenvalue weighted by atomic mass is 10.2. The Morgan fingerprint density at radius 3 is 2.76 bits per heavy atom. The predicted octanol–water partition coefficient (Wildman–Crippen LogP) is 1.75. The highest BCUT2D eigenvalue weighted by atomic mass is 16.5. The Morgan fingerprint density at radius 2 is 2.10 bits per heavy atom. The van der Waals surface area contributed by atoms with Gasteiger partial charge in [-0.2, -0.15) is 0 Å². The Balaban J connectivity index is 2.34. The molecule has 1 aromatic rings. The van der Waals surface area contributed by atoms with Crippen molar-refractivity contribution in [1.29, 1.82) is 0 Å². The van der Waals surface area contributed by atoms with Crippen LogP contribution in [0.4, 0.5) is 0 Å². The Morgan fingerprint density at radius 1 is 1.33 bits per heavy atom. The van der Waals surface area contributed by atoms with Gasteiger partial charge in [0.05, 0.1) is 7.11 Å². The number of phenols is 1. The molecule has 0 aliphatic rings. The number of phenolic OH excluding ortho intramolecular Hbond substituents is 1. The molecule has 0 bridgehead atoms. The Labute approximate surface area is 124 Å². The lowest BCUT2D eigenvalue weighted by Gasteiger charge is -2.08. The Kier molecular flexibility index (Phi) is 7.08. The van der Waals surface area contributed by atoms with Crippen LogP contribution in [0.1, 0.15) is 31.7 Å². The van der Waals surface area contributed by atoms with E-state index in [0.717, 1.165) is 18.4 Å². The fourth-order valence-corrected chi connectivity index (χ4v) is 1.62. The van der Waals surface area contributed by atoms with Gasteiger partial charge in [0.25, 0.3) is 5.91 Å². The first-order valence-corrected chi connectivity index (χ1v) is 6.85. The molecule has 21 heavy (non-hydrogen) atoms. The Hall–Kier alpha value is -2.24. The average molecular weight is 295 g/mol. The Bertz CT molecular complexity index is 487. The van der Waals surface area contributed by atoms with Crippen molar-refractivity contribution in [2.75, 3.05) is 13.7 Å². The number of hydrogen-bond donors (Lipinski definition) is 2. The standard InChI is InChI=1S/C15H21NO5/c1-3-4-5-15(19)21-10-14(18)16-9-11-6-7-12(17)13(8-11)20-2/h6-8,17H,3-5,9-10H2,1-2H3,(H,16,18). The molecule has 6 nitrogen and oxygen atoms in total. The van der Waals surface area contributed by atoms with Crippen molar-refractivity contribution >= 4 is 11.9 Å². The minimum absolute atomic E-state index is 0.0393. The highest BCUT2D eigenvalue weighted by Crippen LogP contribution is 2.26. The van der Waals surface area contributed by atoms with E-state index < -0.39 is 0 Å². The summed E-state index contributed by atoms with van der Waals surface area (Å²) in [5.41, 5.74) is 0.773. The summed E-state index contributed by atoms with van der Waals surface area (Å²) in [4.78, 5) is 22.8. The lowest BCUT2D eigenvalue weighted by Crippen LogP contribution is -2.28. The number of esters is 1. The second kappa shape index (κ2) is 8.84. The maximum atomic E-state index is 11.5. The number of unbranched alkanes of at least 4 members (excludes halogenated alkanes) is 1. The van der Waals surface area contributed by atoms with Crippen molar-refractivity contribution in [2.45, 2.75) is 32.7 Å². The summed E-state index contributed by atoms with van der Waals surface area (Å²) in [5.74, 6) is -0.352. The highest BCUT2D eigenvalue weighted by Gasteiger charge is 2.08. The van der Waals surface area contributed by atoms with E-state index in [0.29, 0.717) is 12.2 Å². The van der Waals surface area contributed by atoms with Gasteiger partial charge in [0.1, 0.15) is 0 Å². The normalized spacial score (nSPS) is 10.0. The van der Waals surface area contributed by atoms with Gasteiger partial charge in [0.2, 0.25) is 0 Å². The van der Waals surface area contributed by atoms with Gasteiger partial charge in [-0.3, -0.25) is 9.59 Å². The van der Waals surface area contributed by atoms with Crippen molar-refractivity contribution in [3.8, 4) is 11.5 Å². The number of aromatic hydroxyl groups is 1. The summed E-state index contributed by atoms with van der Waals surface area (Å²) < 4.78 is 9.82. The molecule has 0 aliphatic carbocycles. The average Bonchev–Trinajstić information content (AvgIpc) is 2.49. The van der Waals surface area contributed by atoms with E-state index in [1.807, 2.05) is 6.92 Å². The van der Waals surface area contributed by atoms with Crippen LogP contribution >= 0.6 is 0 Å². The fraction of sp³-hybridized carbons (Fsp3) is 0.467.